The number of carboxylic acids is 1. The van der Waals surface area contributed by atoms with Crippen LogP contribution in [-0.4, -0.2) is 35.4 Å². The maximum atomic E-state index is 11.5. The highest BCUT2D eigenvalue weighted by molar-refractivity contribution is 8.18. The number of thioether (sulfide) groups is 1. The zero-order chi connectivity index (χ0) is 16.3. The van der Waals surface area contributed by atoms with Crippen molar-refractivity contribution in [1.29, 1.82) is 0 Å². The maximum Gasteiger partial charge on any atom is 0.344 e. The Balaban J connectivity index is 2.26. The molecule has 1 aliphatic heterocycles. The van der Waals surface area contributed by atoms with Crippen molar-refractivity contribution < 1.29 is 29.0 Å². The van der Waals surface area contributed by atoms with Crippen LogP contribution in [0.2, 0.25) is 0 Å². The highest BCUT2D eigenvalue weighted by Crippen LogP contribution is 2.32. The van der Waals surface area contributed by atoms with E-state index in [9.17, 15) is 14.4 Å². The van der Waals surface area contributed by atoms with E-state index in [0.717, 1.165) is 11.8 Å². The molecule has 1 atom stereocenters. The van der Waals surface area contributed by atoms with Gasteiger partial charge in [0.15, 0.2) is 17.6 Å². The summed E-state index contributed by atoms with van der Waals surface area (Å²) < 4.78 is 10.4. The van der Waals surface area contributed by atoms with Crippen molar-refractivity contribution in [3.63, 3.8) is 0 Å². The predicted molar refractivity (Wildman–Crippen MR) is 79.8 cm³/mol. The van der Waals surface area contributed by atoms with Crippen LogP contribution >= 0.6 is 11.8 Å². The van der Waals surface area contributed by atoms with Gasteiger partial charge in [0.1, 0.15) is 0 Å². The third kappa shape index (κ3) is 3.59. The number of hydrogen-bond acceptors (Lipinski definition) is 6. The van der Waals surface area contributed by atoms with Crippen molar-refractivity contribution in [1.82, 2.24) is 5.32 Å². The molecule has 1 heterocycles. The molecule has 22 heavy (non-hydrogen) atoms. The first-order valence-corrected chi connectivity index (χ1v) is 7.04. The highest BCUT2D eigenvalue weighted by Gasteiger charge is 2.25. The molecule has 0 aliphatic carbocycles. The molecule has 0 aromatic heterocycles. The summed E-state index contributed by atoms with van der Waals surface area (Å²) in [7, 11) is 1.42. The third-order valence-electron chi connectivity index (χ3n) is 2.78. The van der Waals surface area contributed by atoms with Crippen molar-refractivity contribution in [3.8, 4) is 11.5 Å². The fourth-order valence-corrected chi connectivity index (χ4v) is 2.37. The van der Waals surface area contributed by atoms with Gasteiger partial charge in [-0.15, -0.1) is 0 Å². The van der Waals surface area contributed by atoms with Crippen LogP contribution in [-0.2, 0) is 9.59 Å². The Labute approximate surface area is 130 Å². The van der Waals surface area contributed by atoms with E-state index in [-0.39, 0.29) is 10.7 Å². The smallest absolute Gasteiger partial charge is 0.344 e. The standard InChI is InChI=1S/C14H13NO6S/c1-7(13(17)18)21-9-4-3-8(5-10(9)20-2)6-11-12(16)15-14(19)22-11/h3-7H,1-2H3,(H,17,18)(H,15,16,19)/b11-6+/t7-/m1/s1. The lowest BCUT2D eigenvalue weighted by atomic mass is 10.2. The van der Waals surface area contributed by atoms with E-state index >= 15 is 0 Å². The normalized spacial score (nSPS) is 17.3. The van der Waals surface area contributed by atoms with Crippen molar-refractivity contribution in [2.24, 2.45) is 0 Å². The summed E-state index contributed by atoms with van der Waals surface area (Å²) in [5, 5.41) is 10.6. The molecular weight excluding hydrogens is 310 g/mol. The van der Waals surface area contributed by atoms with Gasteiger partial charge in [0.25, 0.3) is 11.1 Å². The molecule has 2 N–H and O–H groups in total. The van der Waals surface area contributed by atoms with Crippen LogP contribution in [0.4, 0.5) is 4.79 Å². The van der Waals surface area contributed by atoms with E-state index < -0.39 is 23.2 Å². The first kappa shape index (κ1) is 15.9. The Bertz CT molecular complexity index is 669. The minimum atomic E-state index is -1.09. The molecule has 116 valence electrons. The van der Waals surface area contributed by atoms with E-state index in [4.69, 9.17) is 14.6 Å². The Kier molecular flexibility index (Phi) is 4.71. The zero-order valence-corrected chi connectivity index (χ0v) is 12.6. The zero-order valence-electron chi connectivity index (χ0n) is 11.8. The quantitative estimate of drug-likeness (QED) is 0.797. The number of rotatable bonds is 5. The van der Waals surface area contributed by atoms with Crippen LogP contribution in [0.15, 0.2) is 23.1 Å². The Morgan fingerprint density at radius 3 is 2.64 bits per heavy atom. The lowest BCUT2D eigenvalue weighted by Crippen LogP contribution is -2.23. The molecule has 0 unspecified atom stereocenters. The summed E-state index contributed by atoms with van der Waals surface area (Å²) in [6.07, 6.45) is 0.518. The average molecular weight is 323 g/mol. The number of hydrogen-bond donors (Lipinski definition) is 2. The van der Waals surface area contributed by atoms with Gasteiger partial charge < -0.3 is 14.6 Å². The van der Waals surface area contributed by atoms with Crippen molar-refractivity contribution in [3.05, 3.63) is 28.7 Å². The minimum absolute atomic E-state index is 0.277. The Hall–Kier alpha value is -2.48. The number of carboxylic acid groups (broad SMARTS) is 1. The molecule has 1 aliphatic rings. The van der Waals surface area contributed by atoms with E-state index in [2.05, 4.69) is 5.32 Å². The first-order valence-electron chi connectivity index (χ1n) is 6.23. The number of amides is 2. The van der Waals surface area contributed by atoms with Crippen molar-refractivity contribution >= 4 is 35.0 Å². The van der Waals surface area contributed by atoms with Crippen LogP contribution in [0.5, 0.6) is 11.5 Å². The number of nitrogens with one attached hydrogen (secondary N) is 1. The van der Waals surface area contributed by atoms with E-state index in [1.54, 1.807) is 18.2 Å². The van der Waals surface area contributed by atoms with E-state index in [1.165, 1.54) is 20.1 Å². The Morgan fingerprint density at radius 1 is 1.36 bits per heavy atom. The number of imide groups is 1. The summed E-state index contributed by atoms with van der Waals surface area (Å²) in [6.45, 7) is 1.41. The van der Waals surface area contributed by atoms with Crippen LogP contribution in [0.1, 0.15) is 12.5 Å². The van der Waals surface area contributed by atoms with Gasteiger partial charge in [-0.05, 0) is 42.5 Å². The molecule has 0 bridgehead atoms. The summed E-state index contributed by atoms with van der Waals surface area (Å²) in [6, 6.07) is 4.77. The molecule has 2 rings (SSSR count). The lowest BCUT2D eigenvalue weighted by Gasteiger charge is -2.14. The van der Waals surface area contributed by atoms with Crippen LogP contribution < -0.4 is 14.8 Å². The number of benzene rings is 1. The predicted octanol–water partition coefficient (Wildman–Crippen LogP) is 1.87. The van der Waals surface area contributed by atoms with Gasteiger partial charge in [0.05, 0.1) is 12.0 Å². The van der Waals surface area contributed by atoms with Crippen LogP contribution in [0, 0.1) is 0 Å². The maximum absolute atomic E-state index is 11.5. The third-order valence-corrected chi connectivity index (χ3v) is 3.59. The number of aliphatic carboxylic acids is 1. The molecule has 2 amide bonds. The number of ether oxygens (including phenoxy) is 2. The van der Waals surface area contributed by atoms with Gasteiger partial charge in [-0.25, -0.2) is 4.79 Å². The summed E-state index contributed by atoms with van der Waals surface area (Å²) in [4.78, 5) is 33.7. The van der Waals surface area contributed by atoms with Gasteiger partial charge in [-0.1, -0.05) is 6.07 Å². The van der Waals surface area contributed by atoms with Crippen LogP contribution in [0.25, 0.3) is 6.08 Å². The molecule has 8 heteroatoms. The molecule has 0 saturated carbocycles. The molecular formula is C14H13NO6S. The SMILES string of the molecule is COc1cc(/C=C2/SC(=O)NC2=O)ccc1O[C@H](C)C(=O)O. The molecule has 1 fully saturated rings. The minimum Gasteiger partial charge on any atom is -0.493 e. The monoisotopic (exact) mass is 323 g/mol. The van der Waals surface area contributed by atoms with Crippen molar-refractivity contribution in [2.45, 2.75) is 13.0 Å². The Morgan fingerprint density at radius 2 is 2.09 bits per heavy atom. The molecule has 1 saturated heterocycles. The molecule has 0 spiro atoms. The second kappa shape index (κ2) is 6.52. The molecule has 7 nitrogen and oxygen atoms in total. The van der Waals surface area contributed by atoms with Gasteiger partial charge in [0, 0.05) is 0 Å². The summed E-state index contributed by atoms with van der Waals surface area (Å²) in [5.74, 6) is -0.934. The molecule has 1 aromatic carbocycles. The second-order valence-electron chi connectivity index (χ2n) is 4.36. The first-order chi connectivity index (χ1) is 10.4. The van der Waals surface area contributed by atoms with Gasteiger partial charge in [0.2, 0.25) is 0 Å². The highest BCUT2D eigenvalue weighted by atomic mass is 32.2. The fraction of sp³-hybridized carbons (Fsp3) is 0.214. The van der Waals surface area contributed by atoms with E-state index in [0.29, 0.717) is 11.3 Å². The van der Waals surface area contributed by atoms with E-state index in [1.807, 2.05) is 0 Å². The lowest BCUT2D eigenvalue weighted by molar-refractivity contribution is -0.144. The fourth-order valence-electron chi connectivity index (χ4n) is 1.68. The van der Waals surface area contributed by atoms with Gasteiger partial charge >= 0.3 is 5.97 Å². The summed E-state index contributed by atoms with van der Waals surface area (Å²) >= 11 is 0.812. The van der Waals surface area contributed by atoms with Crippen LogP contribution in [0.3, 0.4) is 0 Å². The van der Waals surface area contributed by atoms with Gasteiger partial charge in [-0.3, -0.25) is 14.9 Å². The molecule has 1 aromatic rings. The largest absolute Gasteiger partial charge is 0.493 e. The number of carbonyl (C=O) groups is 3. The summed E-state index contributed by atoms with van der Waals surface area (Å²) in [5.41, 5.74) is 0.625. The molecule has 0 radical (unpaired) electrons. The topological polar surface area (TPSA) is 102 Å². The second-order valence-corrected chi connectivity index (χ2v) is 5.38. The average Bonchev–Trinajstić information content (AvgIpc) is 2.78. The number of carbonyl (C=O) groups excluding carboxylic acids is 2. The number of methoxy groups -OCH3 is 1. The van der Waals surface area contributed by atoms with Crippen molar-refractivity contribution in [2.75, 3.05) is 7.11 Å². The van der Waals surface area contributed by atoms with Gasteiger partial charge in [-0.2, -0.15) is 0 Å².